The Balaban J connectivity index is 0.00000300. The van der Waals surface area contributed by atoms with Crippen LogP contribution in [0.2, 0.25) is 0 Å². The summed E-state index contributed by atoms with van der Waals surface area (Å²) in [7, 11) is 0. The Kier molecular flexibility index (Phi) is 9.33. The van der Waals surface area contributed by atoms with Gasteiger partial charge in [0.1, 0.15) is 5.82 Å². The average Bonchev–Trinajstić information content (AvgIpc) is 3.26. The number of amides is 2. The van der Waals surface area contributed by atoms with E-state index in [1.54, 1.807) is 18.2 Å². The highest BCUT2D eigenvalue weighted by Gasteiger charge is 2.28. The molecule has 2 amide bonds. The first-order valence-electron chi connectivity index (χ1n) is 10.3. The van der Waals surface area contributed by atoms with Crippen LogP contribution in [0.5, 0.6) is 0 Å². The molecule has 0 bridgehead atoms. The maximum atomic E-state index is 13.7. The van der Waals surface area contributed by atoms with Crippen molar-refractivity contribution in [1.82, 2.24) is 20.9 Å². The molecule has 0 saturated carbocycles. The standard InChI is InChI=1S/C21H31FN4O2.ClH/c1-15(20(27)25-13-17-7-2-3-8-18(17)22)26-11-5-6-16(14-26)12-24-21(28)19-9-4-10-23-19;/h2-3,7-8,15-16,19,23H,4-6,9-14H2,1H3,(H,24,28)(H,25,27);1H. The molecule has 0 radical (unpaired) electrons. The van der Waals surface area contributed by atoms with Gasteiger partial charge in [0.2, 0.25) is 11.8 Å². The number of hydrogen-bond donors (Lipinski definition) is 3. The lowest BCUT2D eigenvalue weighted by Gasteiger charge is -2.36. The van der Waals surface area contributed by atoms with Crippen molar-refractivity contribution in [2.24, 2.45) is 5.92 Å². The zero-order valence-electron chi connectivity index (χ0n) is 17.0. The number of benzene rings is 1. The molecule has 6 nitrogen and oxygen atoms in total. The number of carbonyl (C=O) groups excluding carboxylic acids is 2. The van der Waals surface area contributed by atoms with Gasteiger partial charge in [-0.2, -0.15) is 0 Å². The van der Waals surface area contributed by atoms with E-state index >= 15 is 0 Å². The monoisotopic (exact) mass is 426 g/mol. The number of carbonyl (C=O) groups is 2. The van der Waals surface area contributed by atoms with Gasteiger partial charge in [0.15, 0.2) is 0 Å². The summed E-state index contributed by atoms with van der Waals surface area (Å²) in [6, 6.07) is 6.15. The third kappa shape index (κ3) is 6.66. The Morgan fingerprint density at radius 2 is 2.03 bits per heavy atom. The molecule has 0 aromatic heterocycles. The summed E-state index contributed by atoms with van der Waals surface area (Å²) in [6.45, 7) is 5.29. The average molecular weight is 427 g/mol. The molecule has 29 heavy (non-hydrogen) atoms. The van der Waals surface area contributed by atoms with Crippen LogP contribution >= 0.6 is 12.4 Å². The van der Waals surface area contributed by atoms with Crippen LogP contribution in [-0.4, -0.2) is 55.0 Å². The van der Waals surface area contributed by atoms with Crippen molar-refractivity contribution < 1.29 is 14.0 Å². The Bertz CT molecular complexity index is 684. The highest BCUT2D eigenvalue weighted by atomic mass is 35.5. The van der Waals surface area contributed by atoms with Crippen molar-refractivity contribution >= 4 is 24.2 Å². The summed E-state index contributed by atoms with van der Waals surface area (Å²) in [5.41, 5.74) is 0.489. The van der Waals surface area contributed by atoms with E-state index in [1.807, 2.05) is 6.92 Å². The number of hydrogen-bond acceptors (Lipinski definition) is 4. The minimum atomic E-state index is -0.305. The molecule has 3 atom stereocenters. The molecule has 2 saturated heterocycles. The van der Waals surface area contributed by atoms with E-state index in [0.717, 1.165) is 45.3 Å². The number of halogens is 2. The number of nitrogens with zero attached hydrogens (tertiary/aromatic N) is 1. The summed E-state index contributed by atoms with van der Waals surface area (Å²) in [4.78, 5) is 26.9. The molecule has 3 N–H and O–H groups in total. The maximum absolute atomic E-state index is 13.7. The van der Waals surface area contributed by atoms with Crippen molar-refractivity contribution in [1.29, 1.82) is 0 Å². The molecule has 2 aliphatic heterocycles. The van der Waals surface area contributed by atoms with E-state index in [-0.39, 0.29) is 48.7 Å². The highest BCUT2D eigenvalue weighted by molar-refractivity contribution is 5.85. The molecular weight excluding hydrogens is 395 g/mol. The van der Waals surface area contributed by atoms with Gasteiger partial charge < -0.3 is 16.0 Å². The normalized spacial score (nSPS) is 23.1. The van der Waals surface area contributed by atoms with Crippen molar-refractivity contribution in [3.63, 3.8) is 0 Å². The predicted molar refractivity (Wildman–Crippen MR) is 113 cm³/mol. The number of piperidine rings is 1. The van der Waals surface area contributed by atoms with Crippen LogP contribution in [-0.2, 0) is 16.1 Å². The first-order chi connectivity index (χ1) is 13.5. The van der Waals surface area contributed by atoms with Crippen molar-refractivity contribution in [2.75, 3.05) is 26.2 Å². The number of nitrogens with one attached hydrogen (secondary N) is 3. The molecule has 3 rings (SSSR count). The smallest absolute Gasteiger partial charge is 0.237 e. The molecule has 0 spiro atoms. The van der Waals surface area contributed by atoms with Crippen LogP contribution in [0, 0.1) is 11.7 Å². The number of likely N-dealkylation sites (tertiary alicyclic amines) is 1. The summed E-state index contributed by atoms with van der Waals surface area (Å²) in [5, 5.41) is 9.12. The van der Waals surface area contributed by atoms with Crippen LogP contribution in [0.4, 0.5) is 4.39 Å². The van der Waals surface area contributed by atoms with Gasteiger partial charge in [-0.1, -0.05) is 18.2 Å². The lowest BCUT2D eigenvalue weighted by Crippen LogP contribution is -2.51. The van der Waals surface area contributed by atoms with E-state index in [0.29, 0.717) is 18.0 Å². The first-order valence-corrected chi connectivity index (χ1v) is 10.3. The second kappa shape index (κ2) is 11.5. The van der Waals surface area contributed by atoms with Gasteiger partial charge >= 0.3 is 0 Å². The van der Waals surface area contributed by atoms with E-state index in [9.17, 15) is 14.0 Å². The molecule has 3 unspecified atom stereocenters. The minimum Gasteiger partial charge on any atom is -0.354 e. The largest absolute Gasteiger partial charge is 0.354 e. The summed E-state index contributed by atoms with van der Waals surface area (Å²) < 4.78 is 13.7. The molecule has 1 aromatic carbocycles. The van der Waals surface area contributed by atoms with E-state index in [2.05, 4.69) is 20.9 Å². The molecule has 8 heteroatoms. The molecule has 162 valence electrons. The van der Waals surface area contributed by atoms with Crippen molar-refractivity contribution in [3.05, 3.63) is 35.6 Å². The minimum absolute atomic E-state index is 0. The summed E-state index contributed by atoms with van der Waals surface area (Å²) in [5.74, 6) is 0.0373. The lowest BCUT2D eigenvalue weighted by molar-refractivity contribution is -0.127. The Hall–Kier alpha value is -1.70. The first kappa shape index (κ1) is 23.6. The summed E-state index contributed by atoms with van der Waals surface area (Å²) in [6.07, 6.45) is 4.02. The van der Waals surface area contributed by atoms with E-state index in [4.69, 9.17) is 0 Å². The van der Waals surface area contributed by atoms with Gasteiger partial charge in [-0.05, 0) is 57.7 Å². The van der Waals surface area contributed by atoms with Crippen molar-refractivity contribution in [3.8, 4) is 0 Å². The van der Waals surface area contributed by atoms with Gasteiger partial charge in [-0.15, -0.1) is 12.4 Å². The topological polar surface area (TPSA) is 73.5 Å². The van der Waals surface area contributed by atoms with Gasteiger partial charge in [-0.25, -0.2) is 4.39 Å². The van der Waals surface area contributed by atoms with E-state index in [1.165, 1.54) is 6.07 Å². The van der Waals surface area contributed by atoms with Gasteiger partial charge in [0.05, 0.1) is 12.1 Å². The second-order valence-electron chi connectivity index (χ2n) is 7.88. The van der Waals surface area contributed by atoms with Gasteiger partial charge in [0, 0.05) is 25.2 Å². The molecule has 2 aliphatic rings. The van der Waals surface area contributed by atoms with Crippen LogP contribution in [0.25, 0.3) is 0 Å². The van der Waals surface area contributed by atoms with Crippen LogP contribution in [0.3, 0.4) is 0 Å². The SMILES string of the molecule is CC(C(=O)NCc1ccccc1F)N1CCCC(CNC(=O)C2CCCN2)C1.Cl. The second-order valence-corrected chi connectivity index (χ2v) is 7.88. The zero-order valence-corrected chi connectivity index (χ0v) is 17.8. The maximum Gasteiger partial charge on any atom is 0.237 e. The Labute approximate surface area is 178 Å². The molecule has 2 fully saturated rings. The third-order valence-corrected chi connectivity index (χ3v) is 5.83. The van der Waals surface area contributed by atoms with Crippen LogP contribution in [0.15, 0.2) is 24.3 Å². The van der Waals surface area contributed by atoms with Crippen LogP contribution < -0.4 is 16.0 Å². The Morgan fingerprint density at radius 3 is 2.76 bits per heavy atom. The predicted octanol–water partition coefficient (Wildman–Crippen LogP) is 1.83. The highest BCUT2D eigenvalue weighted by Crippen LogP contribution is 2.18. The molecular formula is C21H32ClFN4O2. The fourth-order valence-electron chi connectivity index (χ4n) is 4.03. The van der Waals surface area contributed by atoms with Crippen molar-refractivity contribution in [2.45, 2.75) is 51.2 Å². The fraction of sp³-hybridized carbons (Fsp3) is 0.619. The summed E-state index contributed by atoms with van der Waals surface area (Å²) >= 11 is 0. The van der Waals surface area contributed by atoms with Gasteiger partial charge in [0.25, 0.3) is 0 Å². The quantitative estimate of drug-likeness (QED) is 0.622. The lowest BCUT2D eigenvalue weighted by atomic mass is 9.96. The third-order valence-electron chi connectivity index (χ3n) is 5.83. The fourth-order valence-corrected chi connectivity index (χ4v) is 4.03. The molecule has 1 aromatic rings. The Morgan fingerprint density at radius 1 is 1.24 bits per heavy atom. The zero-order chi connectivity index (χ0) is 19.9. The van der Waals surface area contributed by atoms with Crippen LogP contribution in [0.1, 0.15) is 38.2 Å². The molecule has 2 heterocycles. The van der Waals surface area contributed by atoms with Gasteiger partial charge in [-0.3, -0.25) is 14.5 Å². The number of rotatable bonds is 7. The van der Waals surface area contributed by atoms with E-state index < -0.39 is 0 Å². The molecule has 0 aliphatic carbocycles.